The molecule has 6 heteroatoms. The van der Waals surface area contributed by atoms with E-state index in [1.165, 1.54) is 4.31 Å². The SMILES string of the molecule is CCCS(=O)N1CC(=O)NC(=O)C1C. The quantitative estimate of drug-likeness (QED) is 0.644. The average molecular weight is 218 g/mol. The van der Waals surface area contributed by atoms with Crippen molar-refractivity contribution in [3.8, 4) is 0 Å². The highest BCUT2D eigenvalue weighted by Crippen LogP contribution is 2.08. The number of hydrogen-bond donors (Lipinski definition) is 1. The van der Waals surface area contributed by atoms with Crippen LogP contribution in [0.15, 0.2) is 0 Å². The van der Waals surface area contributed by atoms with E-state index in [9.17, 15) is 13.8 Å². The van der Waals surface area contributed by atoms with Crippen LogP contribution in [0.4, 0.5) is 0 Å². The lowest BCUT2D eigenvalue weighted by Crippen LogP contribution is -2.57. The van der Waals surface area contributed by atoms with Crippen molar-refractivity contribution in [2.75, 3.05) is 12.3 Å². The highest BCUT2D eigenvalue weighted by Gasteiger charge is 2.33. The third-order valence-electron chi connectivity index (χ3n) is 2.01. The van der Waals surface area contributed by atoms with Crippen LogP contribution < -0.4 is 5.32 Å². The van der Waals surface area contributed by atoms with Crippen LogP contribution in [0, 0.1) is 0 Å². The molecule has 0 aliphatic carbocycles. The fourth-order valence-electron chi connectivity index (χ4n) is 1.23. The molecule has 1 fully saturated rings. The average Bonchev–Trinajstić information content (AvgIpc) is 2.11. The second-order valence-electron chi connectivity index (χ2n) is 3.19. The lowest BCUT2D eigenvalue weighted by atomic mass is 10.2. The van der Waals surface area contributed by atoms with E-state index < -0.39 is 17.0 Å². The Hall–Kier alpha value is -0.750. The second-order valence-corrected chi connectivity index (χ2v) is 4.71. The third kappa shape index (κ3) is 2.39. The predicted molar refractivity (Wildman–Crippen MR) is 52.6 cm³/mol. The number of amides is 2. The Balaban J connectivity index is 2.71. The summed E-state index contributed by atoms with van der Waals surface area (Å²) in [5, 5.41) is 2.20. The van der Waals surface area contributed by atoms with E-state index in [-0.39, 0.29) is 18.4 Å². The van der Waals surface area contributed by atoms with Crippen molar-refractivity contribution in [2.24, 2.45) is 0 Å². The zero-order chi connectivity index (χ0) is 10.7. The molecular weight excluding hydrogens is 204 g/mol. The zero-order valence-electron chi connectivity index (χ0n) is 8.28. The van der Waals surface area contributed by atoms with E-state index in [2.05, 4.69) is 5.32 Å². The minimum Gasteiger partial charge on any atom is -0.294 e. The van der Waals surface area contributed by atoms with Crippen LogP contribution in [0.5, 0.6) is 0 Å². The van der Waals surface area contributed by atoms with Crippen LogP contribution in [0.3, 0.4) is 0 Å². The monoisotopic (exact) mass is 218 g/mol. The molecule has 0 bridgehead atoms. The van der Waals surface area contributed by atoms with Gasteiger partial charge < -0.3 is 0 Å². The summed E-state index contributed by atoms with van der Waals surface area (Å²) in [5.41, 5.74) is 0. The summed E-state index contributed by atoms with van der Waals surface area (Å²) in [7, 11) is -1.23. The summed E-state index contributed by atoms with van der Waals surface area (Å²) in [4.78, 5) is 22.2. The van der Waals surface area contributed by atoms with Crippen LogP contribution in [0.1, 0.15) is 20.3 Å². The van der Waals surface area contributed by atoms with Crippen molar-refractivity contribution in [1.29, 1.82) is 0 Å². The maximum atomic E-state index is 11.6. The zero-order valence-corrected chi connectivity index (χ0v) is 9.10. The van der Waals surface area contributed by atoms with E-state index in [0.717, 1.165) is 6.42 Å². The van der Waals surface area contributed by atoms with Crippen molar-refractivity contribution < 1.29 is 13.8 Å². The van der Waals surface area contributed by atoms with Gasteiger partial charge in [-0.1, -0.05) is 6.92 Å². The van der Waals surface area contributed by atoms with Gasteiger partial charge in [0.25, 0.3) is 0 Å². The molecule has 2 atom stereocenters. The molecule has 1 N–H and O–H groups in total. The van der Waals surface area contributed by atoms with E-state index in [1.54, 1.807) is 6.92 Å². The molecule has 2 unspecified atom stereocenters. The molecule has 0 saturated carbocycles. The lowest BCUT2D eigenvalue weighted by Gasteiger charge is -2.29. The van der Waals surface area contributed by atoms with Crippen LogP contribution in [-0.2, 0) is 20.6 Å². The molecule has 1 rings (SSSR count). The standard InChI is InChI=1S/C8H14N2O3S/c1-3-4-14(13)10-5-7(11)9-8(12)6(10)2/h6H,3-5H2,1-2H3,(H,9,11,12). The van der Waals surface area contributed by atoms with Crippen molar-refractivity contribution in [1.82, 2.24) is 9.62 Å². The fraction of sp³-hybridized carbons (Fsp3) is 0.750. The first-order valence-electron chi connectivity index (χ1n) is 4.55. The Bertz CT molecular complexity index is 280. The van der Waals surface area contributed by atoms with Crippen LogP contribution in [0.25, 0.3) is 0 Å². The Morgan fingerprint density at radius 3 is 2.79 bits per heavy atom. The highest BCUT2D eigenvalue weighted by atomic mass is 32.2. The van der Waals surface area contributed by atoms with Crippen LogP contribution in [-0.4, -0.2) is 38.7 Å². The summed E-state index contributed by atoms with van der Waals surface area (Å²) in [6, 6.07) is -0.486. The van der Waals surface area contributed by atoms with Gasteiger partial charge in [0.05, 0.1) is 23.6 Å². The van der Waals surface area contributed by atoms with Crippen molar-refractivity contribution in [3.05, 3.63) is 0 Å². The van der Waals surface area contributed by atoms with E-state index in [0.29, 0.717) is 5.75 Å². The maximum Gasteiger partial charge on any atom is 0.244 e. The molecule has 0 aromatic heterocycles. The predicted octanol–water partition coefficient (Wildman–Crippen LogP) is -0.593. The van der Waals surface area contributed by atoms with Crippen molar-refractivity contribution in [2.45, 2.75) is 26.3 Å². The van der Waals surface area contributed by atoms with Gasteiger partial charge in [0.1, 0.15) is 0 Å². The lowest BCUT2D eigenvalue weighted by molar-refractivity contribution is -0.136. The minimum atomic E-state index is -1.23. The van der Waals surface area contributed by atoms with Gasteiger partial charge in [-0.2, -0.15) is 0 Å². The molecule has 80 valence electrons. The van der Waals surface area contributed by atoms with Crippen molar-refractivity contribution in [3.63, 3.8) is 0 Å². The number of hydrogen-bond acceptors (Lipinski definition) is 3. The second kappa shape index (κ2) is 4.65. The van der Waals surface area contributed by atoms with Crippen molar-refractivity contribution >= 4 is 22.8 Å². The largest absolute Gasteiger partial charge is 0.294 e. The van der Waals surface area contributed by atoms with E-state index in [4.69, 9.17) is 0 Å². The summed E-state index contributed by atoms with van der Waals surface area (Å²) >= 11 is 0. The van der Waals surface area contributed by atoms with Gasteiger partial charge in [0.15, 0.2) is 0 Å². The summed E-state index contributed by atoms with van der Waals surface area (Å²) < 4.78 is 13.0. The summed E-state index contributed by atoms with van der Waals surface area (Å²) in [5.74, 6) is -0.256. The molecule has 2 amide bonds. The van der Waals surface area contributed by atoms with Gasteiger partial charge in [0.2, 0.25) is 11.8 Å². The minimum absolute atomic E-state index is 0.0412. The first-order valence-corrected chi connectivity index (χ1v) is 5.82. The molecule has 14 heavy (non-hydrogen) atoms. The normalized spacial score (nSPS) is 26.0. The first-order chi connectivity index (χ1) is 6.56. The maximum absolute atomic E-state index is 11.6. The topological polar surface area (TPSA) is 66.5 Å². The highest BCUT2D eigenvalue weighted by molar-refractivity contribution is 7.82. The van der Waals surface area contributed by atoms with Gasteiger partial charge in [-0.25, -0.2) is 8.51 Å². The van der Waals surface area contributed by atoms with Gasteiger partial charge >= 0.3 is 0 Å². The van der Waals surface area contributed by atoms with Crippen LogP contribution in [0.2, 0.25) is 0 Å². The number of carbonyl (C=O) groups excluding carboxylic acids is 2. The molecular formula is C8H14N2O3S. The molecule has 1 saturated heterocycles. The van der Waals surface area contributed by atoms with Gasteiger partial charge in [-0.05, 0) is 13.3 Å². The summed E-state index contributed by atoms with van der Waals surface area (Å²) in [6.07, 6.45) is 0.769. The van der Waals surface area contributed by atoms with E-state index >= 15 is 0 Å². The van der Waals surface area contributed by atoms with Gasteiger partial charge in [0, 0.05) is 5.75 Å². The molecule has 1 heterocycles. The molecule has 0 radical (unpaired) electrons. The Morgan fingerprint density at radius 1 is 1.57 bits per heavy atom. The molecule has 0 aromatic carbocycles. The smallest absolute Gasteiger partial charge is 0.244 e. The number of nitrogens with zero attached hydrogens (tertiary/aromatic N) is 1. The number of imide groups is 1. The molecule has 5 nitrogen and oxygen atoms in total. The van der Waals surface area contributed by atoms with Gasteiger partial charge in [-0.3, -0.25) is 14.9 Å². The Labute approximate surface area is 85.4 Å². The Kier molecular flexibility index (Phi) is 3.77. The Morgan fingerprint density at radius 2 is 2.21 bits per heavy atom. The number of nitrogens with one attached hydrogen (secondary N) is 1. The molecule has 0 aromatic rings. The third-order valence-corrected chi connectivity index (χ3v) is 3.74. The molecule has 0 spiro atoms. The summed E-state index contributed by atoms with van der Waals surface area (Å²) in [6.45, 7) is 3.60. The molecule has 1 aliphatic rings. The number of carbonyl (C=O) groups is 2. The molecule has 1 aliphatic heterocycles. The van der Waals surface area contributed by atoms with Crippen LogP contribution >= 0.6 is 0 Å². The number of piperazine rings is 1. The first kappa shape index (κ1) is 11.3. The fourth-order valence-corrected chi connectivity index (χ4v) is 2.52. The number of rotatable bonds is 3. The van der Waals surface area contributed by atoms with E-state index in [1.807, 2.05) is 6.92 Å². The van der Waals surface area contributed by atoms with Gasteiger partial charge in [-0.15, -0.1) is 0 Å².